The molecule has 1 N–H and O–H groups in total. The molecule has 4 nitrogen and oxygen atoms in total. The minimum Gasteiger partial charge on any atom is -0.299 e. The fraction of sp³-hybridized carbons (Fsp3) is 0.308. The first-order valence-corrected chi connectivity index (χ1v) is 6.55. The van der Waals surface area contributed by atoms with Gasteiger partial charge in [-0.3, -0.25) is 14.3 Å². The number of alkyl halides is 3. The van der Waals surface area contributed by atoms with Gasteiger partial charge in [-0.2, -0.15) is 13.2 Å². The highest BCUT2D eigenvalue weighted by Gasteiger charge is 2.35. The summed E-state index contributed by atoms with van der Waals surface area (Å²) in [6.07, 6.45) is -2.86. The van der Waals surface area contributed by atoms with E-state index in [0.29, 0.717) is 6.42 Å². The topological polar surface area (TPSA) is 50.7 Å². The van der Waals surface area contributed by atoms with E-state index >= 15 is 0 Å². The third kappa shape index (κ3) is 2.76. The highest BCUT2D eigenvalue weighted by atomic mass is 32.1. The fourth-order valence-corrected chi connectivity index (χ4v) is 2.28. The van der Waals surface area contributed by atoms with Crippen molar-refractivity contribution in [1.82, 2.24) is 14.5 Å². The van der Waals surface area contributed by atoms with Gasteiger partial charge in [0.05, 0.1) is 10.9 Å². The van der Waals surface area contributed by atoms with Gasteiger partial charge in [0.15, 0.2) is 4.77 Å². The van der Waals surface area contributed by atoms with Crippen LogP contribution < -0.4 is 5.56 Å². The molecule has 0 aromatic carbocycles. The summed E-state index contributed by atoms with van der Waals surface area (Å²) >= 11 is 4.99. The van der Waals surface area contributed by atoms with Crippen molar-refractivity contribution in [2.45, 2.75) is 26.1 Å². The minimum atomic E-state index is -4.65. The highest BCUT2D eigenvalue weighted by molar-refractivity contribution is 7.71. The number of hydrogen-bond donors (Lipinski definition) is 1. The van der Waals surface area contributed by atoms with Crippen LogP contribution in [0.2, 0.25) is 0 Å². The van der Waals surface area contributed by atoms with Gasteiger partial charge in [-0.05, 0) is 24.7 Å². The van der Waals surface area contributed by atoms with E-state index in [1.54, 1.807) is 6.92 Å². The number of nitrogens with one attached hydrogen (secondary N) is 1. The molecule has 0 bridgehead atoms. The van der Waals surface area contributed by atoms with Gasteiger partial charge in [-0.15, -0.1) is 6.58 Å². The molecule has 0 aliphatic rings. The molecule has 2 heterocycles. The highest BCUT2D eigenvalue weighted by Crippen LogP contribution is 2.33. The molecular weight excluding hydrogens is 303 g/mol. The van der Waals surface area contributed by atoms with Gasteiger partial charge in [0, 0.05) is 12.2 Å². The van der Waals surface area contributed by atoms with Gasteiger partial charge in [-0.1, -0.05) is 13.0 Å². The number of hydrogen-bond acceptors (Lipinski definition) is 3. The lowest BCUT2D eigenvalue weighted by Crippen LogP contribution is -2.21. The van der Waals surface area contributed by atoms with Crippen molar-refractivity contribution in [2.24, 2.45) is 0 Å². The van der Waals surface area contributed by atoms with Gasteiger partial charge < -0.3 is 0 Å². The number of allylic oxidation sites excluding steroid dienone is 1. The maximum Gasteiger partial charge on any atom is 0.417 e. The van der Waals surface area contributed by atoms with Crippen molar-refractivity contribution in [1.29, 1.82) is 0 Å². The zero-order valence-electron chi connectivity index (χ0n) is 11.1. The normalized spacial score (nSPS) is 11.8. The summed E-state index contributed by atoms with van der Waals surface area (Å²) in [5.74, 6) is 0. The Kier molecular flexibility index (Phi) is 3.99. The Morgan fingerprint density at radius 3 is 2.71 bits per heavy atom. The Morgan fingerprint density at radius 2 is 2.19 bits per heavy atom. The molecule has 2 aromatic rings. The first kappa shape index (κ1) is 15.4. The lowest BCUT2D eigenvalue weighted by atomic mass is 10.1. The van der Waals surface area contributed by atoms with E-state index in [9.17, 15) is 18.0 Å². The summed E-state index contributed by atoms with van der Waals surface area (Å²) in [5, 5.41) is -0.504. The average Bonchev–Trinajstić information content (AvgIpc) is 2.41. The number of pyridine rings is 1. The van der Waals surface area contributed by atoms with Gasteiger partial charge in [-0.25, -0.2) is 4.98 Å². The second-order valence-electron chi connectivity index (χ2n) is 4.37. The zero-order chi connectivity index (χ0) is 15.8. The molecule has 0 saturated carbocycles. The average molecular weight is 315 g/mol. The third-order valence-electron chi connectivity index (χ3n) is 2.98. The van der Waals surface area contributed by atoms with E-state index in [0.717, 1.165) is 6.07 Å². The van der Waals surface area contributed by atoms with E-state index in [1.165, 1.54) is 10.6 Å². The van der Waals surface area contributed by atoms with Crippen molar-refractivity contribution in [3.8, 4) is 0 Å². The smallest absolute Gasteiger partial charge is 0.299 e. The van der Waals surface area contributed by atoms with Crippen molar-refractivity contribution in [3.63, 3.8) is 0 Å². The predicted octanol–water partition coefficient (Wildman–Crippen LogP) is 3.22. The molecule has 0 saturated heterocycles. The SMILES string of the molecule is C=CCn1c(=S)[nH]c(=O)c2c(C(F)(F)F)cc(CC)nc21. The number of H-pyrrole nitrogens is 1. The molecule has 0 aliphatic carbocycles. The molecule has 0 atom stereocenters. The Balaban J connectivity index is 3.06. The number of aryl methyl sites for hydroxylation is 1. The number of fused-ring (bicyclic) bond motifs is 1. The number of rotatable bonds is 3. The van der Waals surface area contributed by atoms with Gasteiger partial charge >= 0.3 is 6.18 Å². The number of aromatic amines is 1. The van der Waals surface area contributed by atoms with Crippen LogP contribution >= 0.6 is 12.2 Å². The van der Waals surface area contributed by atoms with Crippen LogP contribution in [-0.2, 0) is 19.1 Å². The molecule has 0 amide bonds. The van der Waals surface area contributed by atoms with E-state index in [4.69, 9.17) is 12.2 Å². The maximum atomic E-state index is 13.2. The van der Waals surface area contributed by atoms with Gasteiger partial charge in [0.1, 0.15) is 5.65 Å². The van der Waals surface area contributed by atoms with E-state index in [1.807, 2.05) is 0 Å². The van der Waals surface area contributed by atoms with E-state index in [2.05, 4.69) is 16.5 Å². The van der Waals surface area contributed by atoms with Crippen LogP contribution in [0.25, 0.3) is 11.0 Å². The van der Waals surface area contributed by atoms with Crippen molar-refractivity contribution in [2.75, 3.05) is 0 Å². The summed E-state index contributed by atoms with van der Waals surface area (Å²) in [7, 11) is 0. The second kappa shape index (κ2) is 5.44. The summed E-state index contributed by atoms with van der Waals surface area (Å²) < 4.78 is 40.9. The number of nitrogens with zero attached hydrogens (tertiary/aromatic N) is 2. The molecule has 0 radical (unpaired) electrons. The van der Waals surface area contributed by atoms with Crippen molar-refractivity contribution >= 4 is 23.3 Å². The Morgan fingerprint density at radius 1 is 1.52 bits per heavy atom. The molecule has 21 heavy (non-hydrogen) atoms. The van der Waals surface area contributed by atoms with E-state index in [-0.39, 0.29) is 22.7 Å². The van der Waals surface area contributed by atoms with E-state index < -0.39 is 22.7 Å². The van der Waals surface area contributed by atoms with Gasteiger partial charge in [0.2, 0.25) is 0 Å². The molecular formula is C13H12F3N3OS. The molecule has 8 heteroatoms. The van der Waals surface area contributed by atoms with Crippen molar-refractivity contribution < 1.29 is 13.2 Å². The second-order valence-corrected chi connectivity index (χ2v) is 4.76. The van der Waals surface area contributed by atoms with Crippen molar-refractivity contribution in [3.05, 3.63) is 45.1 Å². The van der Waals surface area contributed by atoms with Crippen LogP contribution in [0.3, 0.4) is 0 Å². The lowest BCUT2D eigenvalue weighted by molar-refractivity contribution is -0.136. The third-order valence-corrected chi connectivity index (χ3v) is 3.30. The fourth-order valence-electron chi connectivity index (χ4n) is 2.03. The number of aromatic nitrogens is 3. The number of halogens is 3. The standard InChI is InChI=1S/C13H12F3N3OS/c1-3-5-19-10-9(11(20)18-12(19)21)8(13(14,15)16)6-7(4-2)17-10/h3,6H,1,4-5H2,2H3,(H,18,20,21). The van der Waals surface area contributed by atoms with Gasteiger partial charge in [0.25, 0.3) is 5.56 Å². The Bertz CT molecular complexity index is 820. The Hall–Kier alpha value is -1.96. The molecule has 2 rings (SSSR count). The molecule has 2 aromatic heterocycles. The van der Waals surface area contributed by atoms with Crippen LogP contribution in [0.5, 0.6) is 0 Å². The zero-order valence-corrected chi connectivity index (χ0v) is 11.9. The summed E-state index contributed by atoms with van der Waals surface area (Å²) in [6.45, 7) is 5.38. The van der Waals surface area contributed by atoms with Crippen LogP contribution in [0.1, 0.15) is 18.2 Å². The molecule has 0 aliphatic heterocycles. The molecule has 0 spiro atoms. The summed E-state index contributed by atoms with van der Waals surface area (Å²) in [6, 6.07) is 0.902. The quantitative estimate of drug-likeness (QED) is 0.699. The maximum absolute atomic E-state index is 13.2. The monoisotopic (exact) mass is 315 g/mol. The van der Waals surface area contributed by atoms with Crippen LogP contribution in [-0.4, -0.2) is 14.5 Å². The molecule has 0 unspecified atom stereocenters. The largest absolute Gasteiger partial charge is 0.417 e. The lowest BCUT2D eigenvalue weighted by Gasteiger charge is -2.14. The molecule has 112 valence electrons. The summed E-state index contributed by atoms with van der Waals surface area (Å²) in [5.41, 5.74) is -1.72. The van der Waals surface area contributed by atoms with Crippen LogP contribution in [0, 0.1) is 4.77 Å². The predicted molar refractivity (Wildman–Crippen MR) is 75.8 cm³/mol. The Labute approximate surface area is 122 Å². The minimum absolute atomic E-state index is 0.0151. The first-order chi connectivity index (χ1) is 9.79. The van der Waals surface area contributed by atoms with Crippen LogP contribution in [0.15, 0.2) is 23.5 Å². The first-order valence-electron chi connectivity index (χ1n) is 6.14. The molecule has 0 fully saturated rings. The summed E-state index contributed by atoms with van der Waals surface area (Å²) in [4.78, 5) is 18.3. The van der Waals surface area contributed by atoms with Crippen LogP contribution in [0.4, 0.5) is 13.2 Å².